The molecule has 1 saturated carbocycles. The molecule has 0 amide bonds. The molecule has 20 heavy (non-hydrogen) atoms. The van der Waals surface area contributed by atoms with Crippen LogP contribution >= 0.6 is 0 Å². The first-order valence-corrected chi connectivity index (χ1v) is 7.21. The Morgan fingerprint density at radius 1 is 1.30 bits per heavy atom. The molecule has 0 aromatic heterocycles. The normalized spacial score (nSPS) is 15.9. The number of rotatable bonds is 8. The monoisotopic (exact) mass is 277 g/mol. The first kappa shape index (κ1) is 14.7. The molecule has 1 aliphatic rings. The molecule has 0 aliphatic heterocycles. The van der Waals surface area contributed by atoms with Crippen molar-refractivity contribution in [3.8, 4) is 5.75 Å². The summed E-state index contributed by atoms with van der Waals surface area (Å²) in [6.07, 6.45) is 5.51. The van der Waals surface area contributed by atoms with Gasteiger partial charge in [-0.1, -0.05) is 24.4 Å². The fraction of sp³-hybridized carbons (Fsp3) is 0.533. The first-order valence-electron chi connectivity index (χ1n) is 7.21. The average molecular weight is 277 g/mol. The maximum Gasteiger partial charge on any atom is 0.170 e. The molecule has 110 valence electrons. The molecule has 0 saturated heterocycles. The summed E-state index contributed by atoms with van der Waals surface area (Å²) in [7, 11) is 0. The lowest BCUT2D eigenvalue weighted by molar-refractivity contribution is 0.280. The van der Waals surface area contributed by atoms with Gasteiger partial charge in [0.1, 0.15) is 12.4 Å². The van der Waals surface area contributed by atoms with Crippen molar-refractivity contribution in [2.24, 2.45) is 16.8 Å². The van der Waals surface area contributed by atoms with Gasteiger partial charge in [0.25, 0.3) is 0 Å². The Kier molecular flexibility index (Phi) is 5.68. The smallest absolute Gasteiger partial charge is 0.170 e. The lowest BCUT2D eigenvalue weighted by Gasteiger charge is -2.25. The van der Waals surface area contributed by atoms with Gasteiger partial charge < -0.3 is 21.0 Å². The van der Waals surface area contributed by atoms with Gasteiger partial charge in [-0.2, -0.15) is 0 Å². The van der Waals surface area contributed by atoms with Crippen molar-refractivity contribution in [1.82, 2.24) is 5.32 Å². The summed E-state index contributed by atoms with van der Waals surface area (Å²) in [6.45, 7) is 2.58. The van der Waals surface area contributed by atoms with Crippen LogP contribution in [0.25, 0.3) is 0 Å². The van der Waals surface area contributed by atoms with Crippen LogP contribution in [-0.2, 0) is 0 Å². The van der Waals surface area contributed by atoms with E-state index in [1.54, 1.807) is 12.1 Å². The second-order valence-electron chi connectivity index (χ2n) is 5.19. The van der Waals surface area contributed by atoms with Gasteiger partial charge >= 0.3 is 0 Å². The lowest BCUT2D eigenvalue weighted by atomic mass is 9.83. The predicted molar refractivity (Wildman–Crippen MR) is 79.3 cm³/mol. The summed E-state index contributed by atoms with van der Waals surface area (Å²) in [6, 6.07) is 7.19. The Hall–Kier alpha value is -1.75. The van der Waals surface area contributed by atoms with Gasteiger partial charge in [0, 0.05) is 12.1 Å². The highest BCUT2D eigenvalue weighted by atomic mass is 16.5. The van der Waals surface area contributed by atoms with Gasteiger partial charge in [0.15, 0.2) is 5.84 Å². The highest BCUT2D eigenvalue weighted by molar-refractivity contribution is 5.97. The van der Waals surface area contributed by atoms with E-state index in [1.807, 2.05) is 12.1 Å². The van der Waals surface area contributed by atoms with Crippen LogP contribution in [0.3, 0.4) is 0 Å². The molecule has 1 aromatic rings. The van der Waals surface area contributed by atoms with Gasteiger partial charge in [0.2, 0.25) is 0 Å². The van der Waals surface area contributed by atoms with Crippen LogP contribution in [0.1, 0.15) is 31.2 Å². The second kappa shape index (κ2) is 7.75. The Labute approximate surface area is 119 Å². The van der Waals surface area contributed by atoms with E-state index in [0.717, 1.165) is 24.8 Å². The van der Waals surface area contributed by atoms with E-state index in [0.29, 0.717) is 12.2 Å². The molecule has 5 heteroatoms. The van der Waals surface area contributed by atoms with Crippen molar-refractivity contribution < 1.29 is 9.94 Å². The van der Waals surface area contributed by atoms with E-state index in [2.05, 4.69) is 10.5 Å². The molecule has 4 N–H and O–H groups in total. The molecule has 0 radical (unpaired) electrons. The molecule has 1 aromatic carbocycles. The molecule has 5 nitrogen and oxygen atoms in total. The average Bonchev–Trinajstić information content (AvgIpc) is 2.44. The number of hydrogen-bond donors (Lipinski definition) is 3. The van der Waals surface area contributed by atoms with Crippen molar-refractivity contribution in [3.63, 3.8) is 0 Å². The number of oxime groups is 1. The van der Waals surface area contributed by atoms with Crippen LogP contribution in [0.5, 0.6) is 5.75 Å². The van der Waals surface area contributed by atoms with E-state index in [-0.39, 0.29) is 5.84 Å². The number of amidine groups is 1. The zero-order valence-electron chi connectivity index (χ0n) is 11.7. The van der Waals surface area contributed by atoms with E-state index in [9.17, 15) is 0 Å². The Balaban J connectivity index is 1.59. The minimum atomic E-state index is 0.106. The number of ether oxygens (including phenoxy) is 1. The third-order valence-electron chi connectivity index (χ3n) is 3.76. The second-order valence-corrected chi connectivity index (χ2v) is 5.19. The SMILES string of the molecule is N/C(=N/O)c1ccc(OCCNCCC2CCC2)cc1. The summed E-state index contributed by atoms with van der Waals surface area (Å²) in [4.78, 5) is 0. The van der Waals surface area contributed by atoms with Crippen molar-refractivity contribution in [1.29, 1.82) is 0 Å². The highest BCUT2D eigenvalue weighted by Gasteiger charge is 2.15. The highest BCUT2D eigenvalue weighted by Crippen LogP contribution is 2.28. The molecule has 2 rings (SSSR count). The number of nitrogens with zero attached hydrogens (tertiary/aromatic N) is 1. The summed E-state index contributed by atoms with van der Waals surface area (Å²) in [5, 5.41) is 14.9. The Morgan fingerprint density at radius 3 is 2.65 bits per heavy atom. The Bertz CT molecular complexity index is 427. The molecule has 0 spiro atoms. The van der Waals surface area contributed by atoms with Gasteiger partial charge in [-0.25, -0.2) is 0 Å². The number of nitrogens with one attached hydrogen (secondary N) is 1. The summed E-state index contributed by atoms with van der Waals surface area (Å²) < 4.78 is 5.62. The minimum absolute atomic E-state index is 0.106. The van der Waals surface area contributed by atoms with Crippen molar-refractivity contribution >= 4 is 5.84 Å². The molecule has 0 unspecified atom stereocenters. The number of hydrogen-bond acceptors (Lipinski definition) is 4. The van der Waals surface area contributed by atoms with Gasteiger partial charge in [-0.05, 0) is 43.1 Å². The fourth-order valence-corrected chi connectivity index (χ4v) is 2.23. The van der Waals surface area contributed by atoms with Crippen molar-refractivity contribution in [2.45, 2.75) is 25.7 Å². The van der Waals surface area contributed by atoms with Gasteiger partial charge in [-0.15, -0.1) is 0 Å². The molecule has 0 bridgehead atoms. The quantitative estimate of drug-likeness (QED) is 0.223. The van der Waals surface area contributed by atoms with Crippen LogP contribution in [0, 0.1) is 5.92 Å². The fourth-order valence-electron chi connectivity index (χ4n) is 2.23. The third-order valence-corrected chi connectivity index (χ3v) is 3.76. The van der Waals surface area contributed by atoms with Crippen LogP contribution in [-0.4, -0.2) is 30.7 Å². The maximum atomic E-state index is 8.57. The zero-order valence-corrected chi connectivity index (χ0v) is 11.7. The zero-order chi connectivity index (χ0) is 14.2. The summed E-state index contributed by atoms with van der Waals surface area (Å²) in [5.74, 6) is 1.85. The number of benzene rings is 1. The van der Waals surface area contributed by atoms with Gasteiger partial charge in [0.05, 0.1) is 0 Å². The van der Waals surface area contributed by atoms with Crippen molar-refractivity contribution in [2.75, 3.05) is 19.7 Å². The standard InChI is InChI=1S/C15H23N3O2/c16-15(18-19)13-4-6-14(7-5-13)20-11-10-17-9-8-12-2-1-3-12/h4-7,12,17,19H,1-3,8-11H2,(H2,16,18). The topological polar surface area (TPSA) is 79.9 Å². The van der Waals surface area contributed by atoms with Crippen LogP contribution in [0.4, 0.5) is 0 Å². The Morgan fingerprint density at radius 2 is 2.05 bits per heavy atom. The van der Waals surface area contributed by atoms with Crippen LogP contribution in [0.15, 0.2) is 29.4 Å². The molecular weight excluding hydrogens is 254 g/mol. The minimum Gasteiger partial charge on any atom is -0.492 e. The maximum absolute atomic E-state index is 8.57. The lowest BCUT2D eigenvalue weighted by Crippen LogP contribution is -2.25. The molecule has 0 heterocycles. The summed E-state index contributed by atoms with van der Waals surface area (Å²) in [5.41, 5.74) is 6.17. The molecule has 1 fully saturated rings. The van der Waals surface area contributed by atoms with Gasteiger partial charge in [-0.3, -0.25) is 0 Å². The molecule has 1 aliphatic carbocycles. The molecular formula is C15H23N3O2. The largest absolute Gasteiger partial charge is 0.492 e. The van der Waals surface area contributed by atoms with Crippen LogP contribution in [0.2, 0.25) is 0 Å². The number of nitrogens with two attached hydrogens (primary N) is 1. The molecule has 0 atom stereocenters. The predicted octanol–water partition coefficient (Wildman–Crippen LogP) is 1.94. The van der Waals surface area contributed by atoms with E-state index >= 15 is 0 Å². The summed E-state index contributed by atoms with van der Waals surface area (Å²) >= 11 is 0. The van der Waals surface area contributed by atoms with Crippen LogP contribution < -0.4 is 15.8 Å². The van der Waals surface area contributed by atoms with E-state index in [1.165, 1.54) is 25.7 Å². The van der Waals surface area contributed by atoms with Crippen molar-refractivity contribution in [3.05, 3.63) is 29.8 Å². The first-order chi connectivity index (χ1) is 9.79. The van der Waals surface area contributed by atoms with E-state index < -0.39 is 0 Å². The third kappa shape index (κ3) is 4.42. The van der Waals surface area contributed by atoms with E-state index in [4.69, 9.17) is 15.7 Å².